The first kappa shape index (κ1) is 14.5. The number of sulfone groups is 1. The average molecular weight is 317 g/mol. The van der Waals surface area contributed by atoms with Crippen molar-refractivity contribution >= 4 is 27.5 Å². The van der Waals surface area contributed by atoms with Gasteiger partial charge >= 0.3 is 0 Å². The van der Waals surface area contributed by atoms with E-state index in [2.05, 4.69) is 5.32 Å². The summed E-state index contributed by atoms with van der Waals surface area (Å²) in [7, 11) is -3.42. The zero-order valence-corrected chi connectivity index (χ0v) is 12.2. The maximum absolute atomic E-state index is 13.5. The van der Waals surface area contributed by atoms with Crippen LogP contribution in [0, 0.1) is 5.82 Å². The van der Waals surface area contributed by atoms with Crippen molar-refractivity contribution in [3.63, 3.8) is 0 Å². The molecule has 0 aromatic heterocycles. The molecule has 0 spiro atoms. The number of benzene rings is 2. The molecule has 3 rings (SSSR count). The van der Waals surface area contributed by atoms with Crippen LogP contribution in [0.4, 0.5) is 10.1 Å². The van der Waals surface area contributed by atoms with E-state index in [0.29, 0.717) is 11.3 Å². The number of nitrogens with one attached hydrogen (secondary N) is 1. The minimum Gasteiger partial charge on any atom is -0.326 e. The summed E-state index contributed by atoms with van der Waals surface area (Å²) in [6.07, 6.45) is 1.39. The predicted molar refractivity (Wildman–Crippen MR) is 81.4 cm³/mol. The van der Waals surface area contributed by atoms with Crippen molar-refractivity contribution < 1.29 is 17.6 Å². The highest BCUT2D eigenvalue weighted by Gasteiger charge is 2.21. The zero-order chi connectivity index (χ0) is 15.7. The van der Waals surface area contributed by atoms with Crippen molar-refractivity contribution in [1.82, 2.24) is 0 Å². The van der Waals surface area contributed by atoms with Gasteiger partial charge in [0.1, 0.15) is 5.82 Å². The van der Waals surface area contributed by atoms with Crippen molar-refractivity contribution in [2.75, 3.05) is 5.32 Å². The Morgan fingerprint density at radius 3 is 2.68 bits per heavy atom. The van der Waals surface area contributed by atoms with E-state index in [1.165, 1.54) is 24.3 Å². The molecule has 22 heavy (non-hydrogen) atoms. The lowest BCUT2D eigenvalue weighted by atomic mass is 10.1. The number of amides is 1. The predicted octanol–water partition coefficient (Wildman–Crippen LogP) is 2.76. The number of carbonyl (C=O) groups is 1. The molecule has 112 valence electrons. The van der Waals surface area contributed by atoms with Crippen LogP contribution in [0.15, 0.2) is 52.8 Å². The van der Waals surface area contributed by atoms with Gasteiger partial charge < -0.3 is 5.32 Å². The highest BCUT2D eigenvalue weighted by molar-refractivity contribution is 7.94. The highest BCUT2D eigenvalue weighted by atomic mass is 32.2. The quantitative estimate of drug-likeness (QED) is 0.947. The molecular weight excluding hydrogens is 305 g/mol. The van der Waals surface area contributed by atoms with Gasteiger partial charge in [0, 0.05) is 11.1 Å². The van der Waals surface area contributed by atoms with Crippen LogP contribution in [0.2, 0.25) is 0 Å². The van der Waals surface area contributed by atoms with Crippen LogP contribution in [-0.4, -0.2) is 14.3 Å². The highest BCUT2D eigenvalue weighted by Crippen LogP contribution is 2.29. The first-order valence-corrected chi connectivity index (χ1v) is 8.11. The molecule has 1 N–H and O–H groups in total. The van der Waals surface area contributed by atoms with E-state index in [-0.39, 0.29) is 16.9 Å². The van der Waals surface area contributed by atoms with Gasteiger partial charge in [0.05, 0.1) is 11.3 Å². The summed E-state index contributed by atoms with van der Waals surface area (Å²) >= 11 is 0. The zero-order valence-electron chi connectivity index (χ0n) is 11.4. The maximum atomic E-state index is 13.5. The second kappa shape index (κ2) is 5.38. The molecule has 0 bridgehead atoms. The van der Waals surface area contributed by atoms with Gasteiger partial charge in [-0.3, -0.25) is 4.79 Å². The molecule has 1 amide bonds. The molecule has 4 nitrogen and oxygen atoms in total. The van der Waals surface area contributed by atoms with E-state index in [9.17, 15) is 17.6 Å². The SMILES string of the molecule is O=C(Cc1ccccc1F)Nc1ccc2c(c1)S(=O)(=O)C=C2. The van der Waals surface area contributed by atoms with Crippen LogP contribution >= 0.6 is 0 Å². The van der Waals surface area contributed by atoms with Gasteiger partial charge in [0.15, 0.2) is 0 Å². The fraction of sp³-hybridized carbons (Fsp3) is 0.0625. The van der Waals surface area contributed by atoms with Crippen molar-refractivity contribution in [3.8, 4) is 0 Å². The normalized spacial score (nSPS) is 14.6. The molecule has 0 saturated heterocycles. The van der Waals surface area contributed by atoms with E-state index in [4.69, 9.17) is 0 Å². The van der Waals surface area contributed by atoms with Gasteiger partial charge in [-0.25, -0.2) is 12.8 Å². The largest absolute Gasteiger partial charge is 0.326 e. The summed E-state index contributed by atoms with van der Waals surface area (Å²) in [5.41, 5.74) is 1.25. The second-order valence-corrected chi connectivity index (χ2v) is 6.72. The van der Waals surface area contributed by atoms with Crippen LogP contribution in [-0.2, 0) is 21.1 Å². The van der Waals surface area contributed by atoms with Gasteiger partial charge in [0.25, 0.3) is 0 Å². The number of fused-ring (bicyclic) bond motifs is 1. The monoisotopic (exact) mass is 317 g/mol. The maximum Gasteiger partial charge on any atom is 0.228 e. The molecule has 0 radical (unpaired) electrons. The van der Waals surface area contributed by atoms with Gasteiger partial charge in [-0.2, -0.15) is 0 Å². The summed E-state index contributed by atoms with van der Waals surface area (Å²) in [6, 6.07) is 10.7. The molecule has 0 saturated carbocycles. The average Bonchev–Trinajstić information content (AvgIpc) is 2.77. The molecule has 1 aliphatic heterocycles. The molecule has 0 aliphatic carbocycles. The molecule has 2 aromatic carbocycles. The summed E-state index contributed by atoms with van der Waals surface area (Å²) in [5.74, 6) is -0.855. The van der Waals surface area contributed by atoms with E-state index >= 15 is 0 Å². The Morgan fingerprint density at radius 1 is 1.14 bits per heavy atom. The van der Waals surface area contributed by atoms with Gasteiger partial charge in [-0.1, -0.05) is 24.3 Å². The Bertz CT molecular complexity index is 888. The van der Waals surface area contributed by atoms with Gasteiger partial charge in [-0.05, 0) is 35.4 Å². The Labute approximate surface area is 127 Å². The number of anilines is 1. The van der Waals surface area contributed by atoms with Crippen LogP contribution in [0.25, 0.3) is 6.08 Å². The second-order valence-electron chi connectivity index (χ2n) is 4.92. The third-order valence-electron chi connectivity index (χ3n) is 3.34. The fourth-order valence-electron chi connectivity index (χ4n) is 2.25. The summed E-state index contributed by atoms with van der Waals surface area (Å²) in [5, 5.41) is 3.71. The molecule has 6 heteroatoms. The number of hydrogen-bond acceptors (Lipinski definition) is 3. The lowest BCUT2D eigenvalue weighted by molar-refractivity contribution is -0.115. The van der Waals surface area contributed by atoms with Crippen LogP contribution < -0.4 is 5.32 Å². The topological polar surface area (TPSA) is 63.2 Å². The Balaban J connectivity index is 1.78. The number of hydrogen-bond donors (Lipinski definition) is 1. The Morgan fingerprint density at radius 2 is 1.91 bits per heavy atom. The summed E-state index contributed by atoms with van der Waals surface area (Å²) in [4.78, 5) is 12.1. The van der Waals surface area contributed by atoms with E-state index in [1.54, 1.807) is 24.3 Å². The number of rotatable bonds is 3. The Hall–Kier alpha value is -2.47. The van der Waals surface area contributed by atoms with Crippen LogP contribution in [0.3, 0.4) is 0 Å². The lowest BCUT2D eigenvalue weighted by Crippen LogP contribution is -2.15. The molecule has 0 atom stereocenters. The fourth-order valence-corrected chi connectivity index (χ4v) is 3.48. The van der Waals surface area contributed by atoms with E-state index in [1.807, 2.05) is 0 Å². The molecule has 0 fully saturated rings. The molecule has 1 aliphatic rings. The van der Waals surface area contributed by atoms with Crippen LogP contribution in [0.1, 0.15) is 11.1 Å². The van der Waals surface area contributed by atoms with Gasteiger partial charge in [-0.15, -0.1) is 0 Å². The lowest BCUT2D eigenvalue weighted by Gasteiger charge is -2.08. The van der Waals surface area contributed by atoms with Crippen molar-refractivity contribution in [3.05, 3.63) is 64.8 Å². The standard InChI is InChI=1S/C16H12FNO3S/c17-14-4-2-1-3-12(14)9-16(19)18-13-6-5-11-7-8-22(20,21)15(11)10-13/h1-8,10H,9H2,(H,18,19). The van der Waals surface area contributed by atoms with Crippen molar-refractivity contribution in [2.45, 2.75) is 11.3 Å². The number of carbonyl (C=O) groups excluding carboxylic acids is 1. The first-order valence-electron chi connectivity index (χ1n) is 6.56. The number of halogens is 1. The Kier molecular flexibility index (Phi) is 3.54. The van der Waals surface area contributed by atoms with Crippen molar-refractivity contribution in [1.29, 1.82) is 0 Å². The molecule has 0 unspecified atom stereocenters. The third-order valence-corrected chi connectivity index (χ3v) is 4.80. The minimum absolute atomic E-state index is 0.116. The smallest absolute Gasteiger partial charge is 0.228 e. The van der Waals surface area contributed by atoms with Gasteiger partial charge in [0.2, 0.25) is 15.7 Å². The molecule has 1 heterocycles. The van der Waals surface area contributed by atoms with Crippen LogP contribution in [0.5, 0.6) is 0 Å². The summed E-state index contributed by atoms with van der Waals surface area (Å²) < 4.78 is 37.1. The molecule has 2 aromatic rings. The van der Waals surface area contributed by atoms with E-state index < -0.39 is 21.6 Å². The minimum atomic E-state index is -3.42. The third kappa shape index (κ3) is 2.78. The molecular formula is C16H12FNO3S. The summed E-state index contributed by atoms with van der Waals surface area (Å²) in [6.45, 7) is 0. The van der Waals surface area contributed by atoms with E-state index in [0.717, 1.165) is 5.41 Å². The van der Waals surface area contributed by atoms with Crippen molar-refractivity contribution in [2.24, 2.45) is 0 Å². The first-order chi connectivity index (χ1) is 10.5.